The summed E-state index contributed by atoms with van der Waals surface area (Å²) in [4.78, 5) is 14.3. The second kappa shape index (κ2) is 10.00. The van der Waals surface area contributed by atoms with Gasteiger partial charge in [0.1, 0.15) is 11.6 Å². The van der Waals surface area contributed by atoms with Crippen LogP contribution < -0.4 is 5.32 Å². The van der Waals surface area contributed by atoms with E-state index in [0.29, 0.717) is 0 Å². The minimum Gasteiger partial charge on any atom is -0.369 e. The molecule has 1 heterocycles. The molecular weight excluding hydrogens is 334 g/mol. The maximum atomic E-state index is 4.87. The highest BCUT2D eigenvalue weighted by atomic mass is 15.1. The molecule has 1 N–H and O–H groups in total. The number of nitrogens with zero attached hydrogens (tertiary/aromatic N) is 4. The van der Waals surface area contributed by atoms with E-state index < -0.39 is 0 Å². The molecule has 5 nitrogen and oxygen atoms in total. The first kappa shape index (κ1) is 20.0. The van der Waals surface area contributed by atoms with Crippen molar-refractivity contribution in [1.29, 1.82) is 0 Å². The molecule has 1 aromatic heterocycles. The van der Waals surface area contributed by atoms with E-state index in [1.165, 1.54) is 32.1 Å². The molecule has 0 aliphatic heterocycles. The average molecular weight is 370 g/mol. The Bertz CT molecular complexity index is 709. The quantitative estimate of drug-likeness (QED) is 0.677. The first-order chi connectivity index (χ1) is 13.1. The van der Waals surface area contributed by atoms with Crippen LogP contribution in [0.1, 0.15) is 44.3 Å². The molecule has 0 amide bonds. The summed E-state index contributed by atoms with van der Waals surface area (Å²) in [5.41, 5.74) is 1.03. The lowest BCUT2D eigenvalue weighted by molar-refractivity contribution is 0.224. The Kier molecular flexibility index (Phi) is 7.41. The molecule has 0 spiro atoms. The van der Waals surface area contributed by atoms with Crippen LogP contribution in [0.25, 0.3) is 10.9 Å². The maximum Gasteiger partial charge on any atom is 0.145 e. The zero-order valence-electron chi connectivity index (χ0n) is 17.2. The summed E-state index contributed by atoms with van der Waals surface area (Å²) in [7, 11) is 6.43. The van der Waals surface area contributed by atoms with Crippen molar-refractivity contribution in [3.8, 4) is 0 Å². The smallest absolute Gasteiger partial charge is 0.145 e. The number of aromatic nitrogens is 2. The van der Waals surface area contributed by atoms with E-state index in [-0.39, 0.29) is 0 Å². The summed E-state index contributed by atoms with van der Waals surface area (Å²) in [5.74, 6) is 2.73. The van der Waals surface area contributed by atoms with Crippen LogP contribution in [0.2, 0.25) is 0 Å². The first-order valence-corrected chi connectivity index (χ1v) is 10.4. The molecule has 0 saturated heterocycles. The van der Waals surface area contributed by atoms with Gasteiger partial charge in [-0.15, -0.1) is 0 Å². The number of anilines is 1. The van der Waals surface area contributed by atoms with Gasteiger partial charge in [0, 0.05) is 18.5 Å². The van der Waals surface area contributed by atoms with Gasteiger partial charge in [0.15, 0.2) is 0 Å². The molecule has 5 heteroatoms. The third kappa shape index (κ3) is 6.15. The van der Waals surface area contributed by atoms with Crippen LogP contribution in [-0.4, -0.2) is 60.5 Å². The van der Waals surface area contributed by atoms with E-state index in [2.05, 4.69) is 60.5 Å². The highest BCUT2D eigenvalue weighted by molar-refractivity contribution is 5.88. The highest BCUT2D eigenvalue weighted by Gasteiger charge is 2.16. The topological polar surface area (TPSA) is 44.3 Å². The normalized spacial score (nSPS) is 15.7. The van der Waals surface area contributed by atoms with Crippen LogP contribution in [0.15, 0.2) is 24.3 Å². The van der Waals surface area contributed by atoms with Gasteiger partial charge in [0.2, 0.25) is 0 Å². The van der Waals surface area contributed by atoms with Crippen molar-refractivity contribution in [1.82, 2.24) is 19.8 Å². The van der Waals surface area contributed by atoms with Gasteiger partial charge in [-0.3, -0.25) is 4.90 Å². The molecule has 0 bridgehead atoms. The first-order valence-electron chi connectivity index (χ1n) is 10.4. The molecule has 1 fully saturated rings. The van der Waals surface area contributed by atoms with Crippen molar-refractivity contribution >= 4 is 16.7 Å². The molecule has 148 valence electrons. The molecular formula is C22H35N5. The molecule has 27 heavy (non-hydrogen) atoms. The zero-order valence-corrected chi connectivity index (χ0v) is 17.2. The average Bonchev–Trinajstić information content (AvgIpc) is 2.65. The van der Waals surface area contributed by atoms with Gasteiger partial charge >= 0.3 is 0 Å². The third-order valence-electron chi connectivity index (χ3n) is 5.43. The lowest BCUT2D eigenvalue weighted by atomic mass is 9.89. The van der Waals surface area contributed by atoms with Gasteiger partial charge in [0.05, 0.1) is 12.1 Å². The fraction of sp³-hybridized carbons (Fsp3) is 0.636. The van der Waals surface area contributed by atoms with Crippen LogP contribution in [-0.2, 0) is 6.54 Å². The lowest BCUT2D eigenvalue weighted by Crippen LogP contribution is -2.27. The van der Waals surface area contributed by atoms with Crippen LogP contribution in [0.4, 0.5) is 5.82 Å². The molecule has 1 aromatic carbocycles. The van der Waals surface area contributed by atoms with Crippen molar-refractivity contribution in [2.45, 2.75) is 45.1 Å². The minimum atomic E-state index is 0.813. The van der Waals surface area contributed by atoms with Crippen molar-refractivity contribution in [3.63, 3.8) is 0 Å². The fourth-order valence-corrected chi connectivity index (χ4v) is 4.05. The number of fused-ring (bicyclic) bond motifs is 1. The molecule has 1 aliphatic carbocycles. The van der Waals surface area contributed by atoms with E-state index in [1.807, 2.05) is 0 Å². The standard InChI is InChI=1S/C22H35N5/c1-26(2)15-9-14-23-22-19-12-7-8-13-20(19)24-21(25-22)17-27(3)16-18-10-5-4-6-11-18/h7-8,12-13,18H,4-6,9-11,14-17H2,1-3H3,(H,23,24,25). The van der Waals surface area contributed by atoms with Crippen LogP contribution in [0.5, 0.6) is 0 Å². The molecule has 2 aromatic rings. The Morgan fingerprint density at radius 2 is 1.81 bits per heavy atom. The molecule has 0 atom stereocenters. The van der Waals surface area contributed by atoms with E-state index in [0.717, 1.165) is 61.1 Å². The summed E-state index contributed by atoms with van der Waals surface area (Å²) in [5, 5.41) is 4.65. The Morgan fingerprint density at radius 1 is 1.04 bits per heavy atom. The lowest BCUT2D eigenvalue weighted by Gasteiger charge is -2.26. The van der Waals surface area contributed by atoms with E-state index in [9.17, 15) is 0 Å². The van der Waals surface area contributed by atoms with Crippen LogP contribution in [0.3, 0.4) is 0 Å². The number of para-hydroxylation sites is 1. The number of hydrogen-bond acceptors (Lipinski definition) is 5. The third-order valence-corrected chi connectivity index (χ3v) is 5.43. The van der Waals surface area contributed by atoms with Crippen molar-refractivity contribution in [2.24, 2.45) is 5.92 Å². The summed E-state index contributed by atoms with van der Waals surface area (Å²) in [6.45, 7) is 3.97. The summed E-state index contributed by atoms with van der Waals surface area (Å²) >= 11 is 0. The summed E-state index contributed by atoms with van der Waals surface area (Å²) in [6.07, 6.45) is 8.06. The second-order valence-corrected chi connectivity index (χ2v) is 8.29. The Morgan fingerprint density at radius 3 is 2.59 bits per heavy atom. The number of benzene rings is 1. The predicted molar refractivity (Wildman–Crippen MR) is 114 cm³/mol. The van der Waals surface area contributed by atoms with Gasteiger partial charge in [-0.1, -0.05) is 31.4 Å². The van der Waals surface area contributed by atoms with Crippen molar-refractivity contribution < 1.29 is 0 Å². The van der Waals surface area contributed by atoms with Crippen molar-refractivity contribution in [2.75, 3.05) is 46.1 Å². The molecule has 0 unspecified atom stereocenters. The minimum absolute atomic E-state index is 0.813. The van der Waals surface area contributed by atoms with E-state index >= 15 is 0 Å². The predicted octanol–water partition coefficient (Wildman–Crippen LogP) is 4.01. The Hall–Kier alpha value is -1.72. The summed E-state index contributed by atoms with van der Waals surface area (Å²) in [6, 6.07) is 8.32. The van der Waals surface area contributed by atoms with Gasteiger partial charge < -0.3 is 10.2 Å². The van der Waals surface area contributed by atoms with Crippen LogP contribution >= 0.6 is 0 Å². The van der Waals surface area contributed by atoms with Crippen LogP contribution in [0, 0.1) is 5.92 Å². The fourth-order valence-electron chi connectivity index (χ4n) is 4.05. The van der Waals surface area contributed by atoms with Crippen molar-refractivity contribution in [3.05, 3.63) is 30.1 Å². The number of nitrogens with one attached hydrogen (secondary N) is 1. The van der Waals surface area contributed by atoms with Gasteiger partial charge in [-0.2, -0.15) is 0 Å². The zero-order chi connectivity index (χ0) is 19.1. The molecule has 1 aliphatic rings. The summed E-state index contributed by atoms with van der Waals surface area (Å²) < 4.78 is 0. The SMILES string of the molecule is CN(C)CCCNc1nc(CN(C)CC2CCCCC2)nc2ccccc12. The molecule has 0 radical (unpaired) electrons. The van der Waals surface area contributed by atoms with Gasteiger partial charge in [-0.05, 0) is 65.0 Å². The van der Waals surface area contributed by atoms with E-state index in [1.54, 1.807) is 0 Å². The Labute approximate surface area is 164 Å². The Balaban J connectivity index is 1.67. The molecule has 3 rings (SSSR count). The van der Waals surface area contributed by atoms with Gasteiger partial charge in [-0.25, -0.2) is 9.97 Å². The largest absolute Gasteiger partial charge is 0.369 e. The maximum absolute atomic E-state index is 4.87. The van der Waals surface area contributed by atoms with Gasteiger partial charge in [0.25, 0.3) is 0 Å². The monoisotopic (exact) mass is 369 g/mol. The second-order valence-electron chi connectivity index (χ2n) is 8.29. The number of hydrogen-bond donors (Lipinski definition) is 1. The number of rotatable bonds is 9. The highest BCUT2D eigenvalue weighted by Crippen LogP contribution is 2.25. The van der Waals surface area contributed by atoms with E-state index in [4.69, 9.17) is 9.97 Å². The molecule has 1 saturated carbocycles.